The summed E-state index contributed by atoms with van der Waals surface area (Å²) in [7, 11) is -1.18. The Kier molecular flexibility index (Phi) is 6.03. The minimum Gasteiger partial charge on any atom is -0.462 e. The number of aromatic nitrogens is 2. The number of hydrogen-bond donors (Lipinski definition) is 0. The number of nitrogens with zero attached hydrogens (tertiary/aromatic N) is 3. The minimum absolute atomic E-state index is 0.0741. The van der Waals surface area contributed by atoms with Crippen molar-refractivity contribution in [3.8, 4) is 0 Å². The van der Waals surface area contributed by atoms with Crippen LogP contribution in [0.4, 0.5) is 5.82 Å². The third-order valence-corrected chi connectivity index (χ3v) is 4.33. The lowest BCUT2D eigenvalue weighted by Gasteiger charge is -2.14. The first kappa shape index (κ1) is 17.3. The van der Waals surface area contributed by atoms with Gasteiger partial charge in [-0.3, -0.25) is 0 Å². The molecule has 0 saturated carbocycles. The first-order valence-electron chi connectivity index (χ1n) is 6.71. The van der Waals surface area contributed by atoms with Crippen molar-refractivity contribution in [2.75, 3.05) is 13.2 Å². The molecule has 0 amide bonds. The van der Waals surface area contributed by atoms with Gasteiger partial charge in [0.15, 0.2) is 12.3 Å². The van der Waals surface area contributed by atoms with Gasteiger partial charge >= 0.3 is 11.8 Å². The van der Waals surface area contributed by atoms with Crippen molar-refractivity contribution in [1.82, 2.24) is 9.78 Å². The molecule has 118 valence electrons. The zero-order chi connectivity index (χ0) is 16.0. The van der Waals surface area contributed by atoms with Crippen LogP contribution in [0, 0.1) is 10.1 Å². The van der Waals surface area contributed by atoms with Crippen molar-refractivity contribution in [2.45, 2.75) is 39.3 Å². The second kappa shape index (κ2) is 7.32. The van der Waals surface area contributed by atoms with Crippen LogP contribution in [0.15, 0.2) is 6.20 Å². The fourth-order valence-corrected chi connectivity index (χ4v) is 2.26. The van der Waals surface area contributed by atoms with Crippen LogP contribution >= 0.6 is 0 Å². The predicted molar refractivity (Wildman–Crippen MR) is 78.9 cm³/mol. The molecule has 1 rings (SSSR count). The van der Waals surface area contributed by atoms with Crippen molar-refractivity contribution in [1.29, 1.82) is 0 Å². The molecule has 0 aliphatic carbocycles. The van der Waals surface area contributed by atoms with Crippen LogP contribution in [-0.4, -0.2) is 42.0 Å². The molecule has 0 spiro atoms. The second-order valence-corrected chi connectivity index (χ2v) is 11.4. The molecule has 21 heavy (non-hydrogen) atoms. The van der Waals surface area contributed by atoms with E-state index in [-0.39, 0.29) is 18.9 Å². The summed E-state index contributed by atoms with van der Waals surface area (Å²) in [5, 5.41) is 14.6. The van der Waals surface area contributed by atoms with Gasteiger partial charge in [-0.1, -0.05) is 19.6 Å². The van der Waals surface area contributed by atoms with Gasteiger partial charge in [-0.25, -0.2) is 4.79 Å². The Morgan fingerprint density at radius 3 is 2.67 bits per heavy atom. The molecule has 0 aliphatic heterocycles. The topological polar surface area (TPSA) is 96.5 Å². The van der Waals surface area contributed by atoms with Crippen molar-refractivity contribution in [2.24, 2.45) is 0 Å². The molecule has 1 heterocycles. The molecule has 0 aliphatic rings. The van der Waals surface area contributed by atoms with E-state index in [1.54, 1.807) is 6.92 Å². The highest BCUT2D eigenvalue weighted by molar-refractivity contribution is 6.76. The molecule has 0 atom stereocenters. The molecule has 9 heteroatoms. The van der Waals surface area contributed by atoms with Crippen LogP contribution in [0.3, 0.4) is 0 Å². The largest absolute Gasteiger partial charge is 0.462 e. The van der Waals surface area contributed by atoms with Crippen LogP contribution in [0.1, 0.15) is 17.3 Å². The highest BCUT2D eigenvalue weighted by atomic mass is 28.3. The van der Waals surface area contributed by atoms with Crippen LogP contribution in [0.25, 0.3) is 0 Å². The third kappa shape index (κ3) is 5.64. The number of rotatable bonds is 8. The number of nitro groups is 1. The van der Waals surface area contributed by atoms with E-state index in [0.717, 1.165) is 6.04 Å². The smallest absolute Gasteiger partial charge is 0.404 e. The first-order valence-corrected chi connectivity index (χ1v) is 10.4. The van der Waals surface area contributed by atoms with E-state index in [1.165, 1.54) is 10.9 Å². The normalized spacial score (nSPS) is 11.4. The van der Waals surface area contributed by atoms with Gasteiger partial charge in [0.05, 0.1) is 17.9 Å². The maximum atomic E-state index is 11.6. The van der Waals surface area contributed by atoms with E-state index in [2.05, 4.69) is 24.7 Å². The highest BCUT2D eigenvalue weighted by Gasteiger charge is 2.27. The fraction of sp³-hybridized carbons (Fsp3) is 0.667. The summed E-state index contributed by atoms with van der Waals surface area (Å²) in [4.78, 5) is 21.8. The Hall–Kier alpha value is -1.74. The number of esters is 1. The Balaban J connectivity index is 2.70. The van der Waals surface area contributed by atoms with Crippen LogP contribution in [0.2, 0.25) is 25.7 Å². The van der Waals surface area contributed by atoms with Crippen molar-refractivity contribution < 1.29 is 19.2 Å². The summed E-state index contributed by atoms with van der Waals surface area (Å²) in [6, 6.07) is 0.987. The van der Waals surface area contributed by atoms with E-state index in [4.69, 9.17) is 9.47 Å². The summed E-state index contributed by atoms with van der Waals surface area (Å²) in [5.41, 5.74) is -0.157. The fourth-order valence-electron chi connectivity index (χ4n) is 1.50. The average molecular weight is 315 g/mol. The van der Waals surface area contributed by atoms with Gasteiger partial charge in [-0.05, 0) is 17.9 Å². The van der Waals surface area contributed by atoms with Crippen LogP contribution in [0.5, 0.6) is 0 Å². The van der Waals surface area contributed by atoms with Crippen molar-refractivity contribution in [3.05, 3.63) is 21.9 Å². The quantitative estimate of drug-likeness (QED) is 0.240. The second-order valence-electron chi connectivity index (χ2n) is 5.73. The van der Waals surface area contributed by atoms with Gasteiger partial charge in [-0.2, -0.15) is 4.68 Å². The summed E-state index contributed by atoms with van der Waals surface area (Å²) >= 11 is 0. The van der Waals surface area contributed by atoms with E-state index < -0.39 is 24.8 Å². The van der Waals surface area contributed by atoms with Gasteiger partial charge in [0.1, 0.15) is 0 Å². The summed E-state index contributed by atoms with van der Waals surface area (Å²) in [5.74, 6) is -1.26. The lowest BCUT2D eigenvalue weighted by molar-refractivity contribution is -0.390. The minimum atomic E-state index is -1.18. The monoisotopic (exact) mass is 315 g/mol. The maximum absolute atomic E-state index is 11.6. The van der Waals surface area contributed by atoms with E-state index >= 15 is 0 Å². The summed E-state index contributed by atoms with van der Waals surface area (Å²) in [6.07, 6.45) is 1.28. The molecular weight excluding hydrogens is 294 g/mol. The molecule has 0 fully saturated rings. The molecule has 0 radical (unpaired) electrons. The number of ether oxygens (including phenoxy) is 2. The van der Waals surface area contributed by atoms with Crippen molar-refractivity contribution >= 4 is 19.9 Å². The van der Waals surface area contributed by atoms with Crippen LogP contribution < -0.4 is 0 Å². The van der Waals surface area contributed by atoms with Gasteiger partial charge in [0, 0.05) is 14.7 Å². The zero-order valence-electron chi connectivity index (χ0n) is 12.8. The molecule has 0 unspecified atom stereocenters. The number of hydrogen-bond acceptors (Lipinski definition) is 6. The number of carbonyl (C=O) groups is 1. The predicted octanol–water partition coefficient (Wildman–Crippen LogP) is 2.28. The molecule has 1 aromatic rings. The maximum Gasteiger partial charge on any atom is 0.404 e. The third-order valence-electron chi connectivity index (χ3n) is 2.63. The van der Waals surface area contributed by atoms with Crippen LogP contribution in [-0.2, 0) is 16.2 Å². The van der Waals surface area contributed by atoms with Gasteiger partial charge in [-0.15, -0.1) is 0 Å². The Morgan fingerprint density at radius 2 is 2.14 bits per heavy atom. The Bertz CT molecular complexity index is 509. The molecule has 0 aromatic carbocycles. The Labute approximate surface area is 124 Å². The van der Waals surface area contributed by atoms with Gasteiger partial charge in [0.2, 0.25) is 0 Å². The number of carbonyl (C=O) groups excluding carboxylic acids is 1. The average Bonchev–Trinajstić information content (AvgIpc) is 2.78. The highest BCUT2D eigenvalue weighted by Crippen LogP contribution is 2.17. The first-order chi connectivity index (χ1) is 9.74. The molecular formula is C12H21N3O5Si. The lowest BCUT2D eigenvalue weighted by atomic mass is 10.3. The molecule has 0 bridgehead atoms. The molecule has 8 nitrogen and oxygen atoms in total. The van der Waals surface area contributed by atoms with Gasteiger partial charge < -0.3 is 19.6 Å². The Morgan fingerprint density at radius 1 is 1.48 bits per heavy atom. The van der Waals surface area contributed by atoms with E-state index in [1.807, 2.05) is 0 Å². The standard InChI is InChI=1S/C12H21N3O5Si/c1-5-20-12(16)10-8-14(13-11(10)15(17)18)9-19-6-7-21(2,3)4/h8H,5-7,9H2,1-4H3. The molecule has 1 aromatic heterocycles. The SMILES string of the molecule is CCOC(=O)c1cn(COCC[Si](C)(C)C)nc1[N+](=O)[O-]. The molecule has 0 saturated heterocycles. The lowest BCUT2D eigenvalue weighted by Crippen LogP contribution is -2.22. The van der Waals surface area contributed by atoms with Crippen molar-refractivity contribution in [3.63, 3.8) is 0 Å². The molecule has 0 N–H and O–H groups in total. The van der Waals surface area contributed by atoms with Gasteiger partial charge in [0.25, 0.3) is 0 Å². The summed E-state index contributed by atoms with van der Waals surface area (Å²) in [6.45, 7) is 9.11. The summed E-state index contributed by atoms with van der Waals surface area (Å²) < 4.78 is 11.5. The zero-order valence-corrected chi connectivity index (χ0v) is 13.8. The van der Waals surface area contributed by atoms with E-state index in [9.17, 15) is 14.9 Å². The van der Waals surface area contributed by atoms with E-state index in [0.29, 0.717) is 6.61 Å².